The molecule has 0 aliphatic carbocycles. The molecule has 0 aromatic rings. The van der Waals surface area contributed by atoms with Crippen LogP contribution in [0.1, 0.15) is 0 Å². The van der Waals surface area contributed by atoms with Crippen LogP contribution in [0.3, 0.4) is 0 Å². The van der Waals surface area contributed by atoms with Crippen molar-refractivity contribution in [2.24, 2.45) is 0 Å². The molecule has 0 aromatic carbocycles. The van der Waals surface area contributed by atoms with Crippen molar-refractivity contribution in [3.63, 3.8) is 0 Å². The molecule has 0 aromatic heterocycles. The third-order valence-corrected chi connectivity index (χ3v) is 0. The van der Waals surface area contributed by atoms with Crippen LogP contribution in [0.5, 0.6) is 0 Å². The van der Waals surface area contributed by atoms with Crippen LogP contribution < -0.4 is 0 Å². The quantitative estimate of drug-likeness (QED) is 0.368. The summed E-state index contributed by atoms with van der Waals surface area (Å²) in [5.41, 5.74) is 0. The number of hydrogen-bond donors (Lipinski definition) is 1. The van der Waals surface area contributed by atoms with E-state index in [4.69, 9.17) is 4.80 Å². The van der Waals surface area contributed by atoms with Gasteiger partial charge in [0.15, 0.2) is 0 Å². The topological polar surface area (TPSA) is 20.2 Å². The van der Waals surface area contributed by atoms with Crippen molar-refractivity contribution in [2.45, 2.75) is 1.02 Å². The van der Waals surface area contributed by atoms with Crippen molar-refractivity contribution in [3.05, 3.63) is 0 Å². The van der Waals surface area contributed by atoms with Crippen molar-refractivity contribution in [1.82, 2.24) is 0 Å². The van der Waals surface area contributed by atoms with Crippen LogP contribution in [-0.2, 0) is 0 Å². The Labute approximate surface area is 63.9 Å². The van der Waals surface area contributed by atoms with Gasteiger partial charge >= 0.3 is 50.0 Å². The minimum absolute atomic E-state index is 0.306. The van der Waals surface area contributed by atoms with Crippen molar-refractivity contribution in [2.75, 3.05) is 0 Å². The van der Waals surface area contributed by atoms with Crippen molar-refractivity contribution < 1.29 is 4.80 Å². The standard InChI is InChI=1S/CH3.K.H4OSi/c;;1-2/h1H3;;1H,2H3. The number of hydrogen-bond acceptors (Lipinski definition) is 1. The molecule has 3 heteroatoms. The third kappa shape index (κ3) is 9.18. The molecule has 1 N–H and O–H groups in total. The Balaban J connectivity index is 0. The second kappa shape index (κ2) is 21.3. The Bertz CT molecular complexity index is 8.00. The fraction of sp³-hybridized carbons (Fsp3) is 1.00. The molecule has 0 spiro atoms. The fourth-order valence-corrected chi connectivity index (χ4v) is 0. The van der Waals surface area contributed by atoms with E-state index in [2.05, 4.69) is 1.02 Å². The van der Waals surface area contributed by atoms with Crippen LogP contribution in [0.4, 0.5) is 0 Å². The van der Waals surface area contributed by atoms with Gasteiger partial charge in [0.05, 0.1) is 0 Å². The Kier molecular flexibility index (Phi) is 49.3. The Morgan fingerprint density at radius 1 is 1.50 bits per heavy atom. The number of rotatable bonds is 0. The molecule has 0 fully saturated rings. The van der Waals surface area contributed by atoms with Gasteiger partial charge in [-0.3, -0.25) is 0 Å². The summed E-state index contributed by atoms with van der Waals surface area (Å²) in [7, 11) is 0.306. The van der Waals surface area contributed by atoms with Gasteiger partial charge in [0.1, 0.15) is 10.5 Å². The normalized spacial score (nSPS) is 4.00. The molecule has 0 atom stereocenters. The van der Waals surface area contributed by atoms with Crippen LogP contribution in [0, 0.1) is 0 Å². The van der Waals surface area contributed by atoms with Crippen LogP contribution >= 0.6 is 0 Å². The summed E-state index contributed by atoms with van der Waals surface area (Å²) in [5.74, 6) is 0. The molecule has 0 saturated carbocycles. The Hall–Kier alpha value is 1.81. The molecule has 0 saturated heterocycles. The fourth-order valence-electron chi connectivity index (χ4n) is 0. The van der Waals surface area contributed by atoms with Gasteiger partial charge < -0.3 is 4.80 Å². The molecule has 0 unspecified atom stereocenters. The van der Waals surface area contributed by atoms with Crippen LogP contribution in [0.15, 0.2) is 0 Å². The molecular weight excluding hydrogens is 95.2 g/mol. The maximum atomic E-state index is 7.14. The first-order chi connectivity index (χ1) is 2.00. The molecule has 0 aliphatic heterocycles. The van der Waals surface area contributed by atoms with Crippen LogP contribution in [0.25, 0.3) is 0 Å². The van der Waals surface area contributed by atoms with Crippen molar-refractivity contribution in [3.8, 4) is 0 Å². The van der Waals surface area contributed by atoms with Gasteiger partial charge in [-0.25, -0.2) is 0 Å². The maximum absolute atomic E-state index is 7.14. The molecule has 4 heavy (non-hydrogen) atoms. The molecule has 0 bridgehead atoms. The van der Waals surface area contributed by atoms with Crippen molar-refractivity contribution >= 4 is 59.4 Å². The summed E-state index contributed by atoms with van der Waals surface area (Å²) >= 11 is 1.06. The second-order valence-corrected chi connectivity index (χ2v) is 0. The van der Waals surface area contributed by atoms with Gasteiger partial charge in [0, 0.05) is 0 Å². The summed E-state index contributed by atoms with van der Waals surface area (Å²) < 4.78 is 2.19. The average molecular weight is 102 g/mol. The van der Waals surface area contributed by atoms with Crippen LogP contribution in [0.2, 0.25) is 1.02 Å². The molecule has 0 radical (unpaired) electrons. The summed E-state index contributed by atoms with van der Waals surface area (Å²) in [5, 5.41) is 0. The SMILES string of the molecule is O[SiH3].[CH3][K]. The average Bonchev–Trinajstić information content (AvgIpc) is 1.50. The molecular formula is CH7KOSi. The Morgan fingerprint density at radius 3 is 1.50 bits per heavy atom. The van der Waals surface area contributed by atoms with Gasteiger partial charge in [-0.2, -0.15) is 0 Å². The zero-order chi connectivity index (χ0) is 4.00. The predicted molar refractivity (Wildman–Crippen MR) is 23.8 cm³/mol. The first kappa shape index (κ1) is 9.26. The van der Waals surface area contributed by atoms with Gasteiger partial charge in [0.2, 0.25) is 0 Å². The summed E-state index contributed by atoms with van der Waals surface area (Å²) in [6, 6.07) is 0. The van der Waals surface area contributed by atoms with Crippen LogP contribution in [-0.4, -0.2) is 64.2 Å². The van der Waals surface area contributed by atoms with Gasteiger partial charge in [-0.15, -0.1) is 0 Å². The molecule has 0 aliphatic rings. The van der Waals surface area contributed by atoms with E-state index in [0.29, 0.717) is 10.5 Å². The molecule has 0 heterocycles. The minimum atomic E-state index is 0.306. The van der Waals surface area contributed by atoms with E-state index >= 15 is 0 Å². The second-order valence-electron chi connectivity index (χ2n) is 0. The monoisotopic (exact) mass is 102 g/mol. The van der Waals surface area contributed by atoms with E-state index in [-0.39, 0.29) is 0 Å². The molecule has 0 rings (SSSR count). The summed E-state index contributed by atoms with van der Waals surface area (Å²) in [4.78, 5) is 7.14. The summed E-state index contributed by atoms with van der Waals surface area (Å²) in [6.45, 7) is 0. The van der Waals surface area contributed by atoms with Gasteiger partial charge in [-0.1, -0.05) is 0 Å². The van der Waals surface area contributed by atoms with Gasteiger partial charge in [0.25, 0.3) is 0 Å². The van der Waals surface area contributed by atoms with Gasteiger partial charge in [-0.05, 0) is 0 Å². The zero-order valence-corrected chi connectivity index (χ0v) is 8.57. The first-order valence-electron chi connectivity index (χ1n) is 1.45. The van der Waals surface area contributed by atoms with E-state index in [1.54, 1.807) is 0 Å². The van der Waals surface area contributed by atoms with E-state index in [9.17, 15) is 0 Å². The van der Waals surface area contributed by atoms with E-state index < -0.39 is 0 Å². The Morgan fingerprint density at radius 2 is 1.50 bits per heavy atom. The van der Waals surface area contributed by atoms with Crippen molar-refractivity contribution in [1.29, 1.82) is 0 Å². The van der Waals surface area contributed by atoms with E-state index in [1.807, 2.05) is 0 Å². The first-order valence-corrected chi connectivity index (χ1v) is 5.46. The molecule has 0 amide bonds. The molecule has 22 valence electrons. The summed E-state index contributed by atoms with van der Waals surface area (Å²) in [6.07, 6.45) is 0. The van der Waals surface area contributed by atoms with E-state index in [1.165, 1.54) is 0 Å². The third-order valence-electron chi connectivity index (χ3n) is 0. The molecule has 1 nitrogen and oxygen atoms in total. The zero-order valence-electron chi connectivity index (χ0n) is 3.45. The van der Waals surface area contributed by atoms with E-state index in [0.717, 1.165) is 49.0 Å². The predicted octanol–water partition coefficient (Wildman–Crippen LogP) is -1.54.